The van der Waals surface area contributed by atoms with Gasteiger partial charge in [-0.25, -0.2) is 4.98 Å². The average molecular weight is 412 g/mol. The Morgan fingerprint density at radius 3 is 2.97 bits per heavy atom. The summed E-state index contributed by atoms with van der Waals surface area (Å²) in [5.74, 6) is 1.02. The van der Waals surface area contributed by atoms with E-state index in [-0.39, 0.29) is 11.4 Å². The van der Waals surface area contributed by atoms with Crippen LogP contribution in [0.4, 0.5) is 0 Å². The van der Waals surface area contributed by atoms with Crippen LogP contribution in [0.15, 0.2) is 34.9 Å². The maximum absolute atomic E-state index is 13.2. The van der Waals surface area contributed by atoms with Crippen LogP contribution in [0, 0.1) is 6.92 Å². The van der Waals surface area contributed by atoms with Crippen molar-refractivity contribution in [2.75, 3.05) is 26.7 Å². The third-order valence-corrected chi connectivity index (χ3v) is 7.21. The number of hydrogen-bond acceptors (Lipinski definition) is 6. The van der Waals surface area contributed by atoms with Crippen molar-refractivity contribution in [2.24, 2.45) is 0 Å². The van der Waals surface area contributed by atoms with Crippen molar-refractivity contribution in [3.63, 3.8) is 0 Å². The van der Waals surface area contributed by atoms with Gasteiger partial charge in [0.1, 0.15) is 0 Å². The molecule has 5 rings (SSSR count). The topological polar surface area (TPSA) is 58.8 Å². The molecule has 1 spiro atoms. The van der Waals surface area contributed by atoms with Gasteiger partial charge in [0.2, 0.25) is 0 Å². The number of nitrogens with zero attached hydrogens (tertiary/aromatic N) is 3. The number of ether oxygens (including phenoxy) is 1. The van der Waals surface area contributed by atoms with E-state index in [0.29, 0.717) is 17.1 Å². The van der Waals surface area contributed by atoms with Crippen LogP contribution in [0.5, 0.6) is 5.75 Å². The molecule has 1 atom stereocenters. The summed E-state index contributed by atoms with van der Waals surface area (Å²) in [6.45, 7) is 5.60. The van der Waals surface area contributed by atoms with Gasteiger partial charge in [-0.05, 0) is 38.3 Å². The zero-order valence-electron chi connectivity index (χ0n) is 16.8. The first-order chi connectivity index (χ1) is 14.1. The summed E-state index contributed by atoms with van der Waals surface area (Å²) >= 11 is 1.76. The maximum Gasteiger partial charge on any atom is 0.289 e. The molecule has 1 aromatic carbocycles. The lowest BCUT2D eigenvalue weighted by Crippen LogP contribution is -2.66. The summed E-state index contributed by atoms with van der Waals surface area (Å²) in [5.41, 5.74) is 0.728. The fourth-order valence-electron chi connectivity index (χ4n) is 4.71. The van der Waals surface area contributed by atoms with Gasteiger partial charge in [-0.1, -0.05) is 12.1 Å². The van der Waals surface area contributed by atoms with E-state index in [1.807, 2.05) is 42.3 Å². The van der Waals surface area contributed by atoms with Gasteiger partial charge < -0.3 is 14.1 Å². The summed E-state index contributed by atoms with van der Waals surface area (Å²) < 4.78 is 11.3. The van der Waals surface area contributed by atoms with Gasteiger partial charge in [-0.2, -0.15) is 0 Å². The Morgan fingerprint density at radius 1 is 1.34 bits per heavy atom. The van der Waals surface area contributed by atoms with Crippen LogP contribution in [0.2, 0.25) is 0 Å². The molecular weight excluding hydrogens is 386 g/mol. The molecule has 7 heteroatoms. The minimum Gasteiger partial charge on any atom is -0.493 e. The van der Waals surface area contributed by atoms with Gasteiger partial charge >= 0.3 is 0 Å². The molecule has 0 bridgehead atoms. The second-order valence-corrected chi connectivity index (χ2v) is 9.38. The SMILES string of the molecule is COc1cccc2cc(C(=O)N3CCC[C@]4(CCN4Cc4cnc(C)s4)C3)oc12. The second kappa shape index (κ2) is 7.15. The molecule has 0 N–H and O–H groups in total. The lowest BCUT2D eigenvalue weighted by atomic mass is 9.77. The van der Waals surface area contributed by atoms with Crippen LogP contribution < -0.4 is 4.74 Å². The van der Waals surface area contributed by atoms with E-state index in [1.54, 1.807) is 18.4 Å². The maximum atomic E-state index is 13.2. The zero-order chi connectivity index (χ0) is 20.0. The number of carbonyl (C=O) groups excluding carboxylic acids is 1. The molecule has 1 amide bonds. The Labute approximate surface area is 174 Å². The number of para-hydroxylation sites is 1. The zero-order valence-corrected chi connectivity index (χ0v) is 17.6. The number of piperidine rings is 1. The standard InChI is InChI=1S/C22H25N3O3S/c1-15-23-12-17(29-15)13-25-10-8-22(25)7-4-9-24(14-22)21(26)19-11-16-5-3-6-18(27-2)20(16)28-19/h3,5-6,11-12H,4,7-10,13-14H2,1-2H3/t22-/m0/s1. The molecule has 0 aliphatic carbocycles. The summed E-state index contributed by atoms with van der Waals surface area (Å²) in [6.07, 6.45) is 5.29. The van der Waals surface area contributed by atoms with E-state index in [9.17, 15) is 4.79 Å². The third kappa shape index (κ3) is 3.22. The molecule has 29 heavy (non-hydrogen) atoms. The van der Waals surface area contributed by atoms with Crippen molar-refractivity contribution < 1.29 is 13.9 Å². The number of likely N-dealkylation sites (tertiary alicyclic amines) is 2. The molecule has 2 aromatic heterocycles. The van der Waals surface area contributed by atoms with E-state index in [4.69, 9.17) is 9.15 Å². The Morgan fingerprint density at radius 2 is 2.24 bits per heavy atom. The summed E-state index contributed by atoms with van der Waals surface area (Å²) in [5, 5.41) is 2.00. The molecule has 2 saturated heterocycles. The highest BCUT2D eigenvalue weighted by atomic mass is 32.1. The van der Waals surface area contributed by atoms with Crippen LogP contribution in [-0.2, 0) is 6.54 Å². The first-order valence-corrected chi connectivity index (χ1v) is 10.9. The van der Waals surface area contributed by atoms with Crippen LogP contribution in [-0.4, -0.2) is 53.0 Å². The largest absolute Gasteiger partial charge is 0.493 e. The number of thiazole rings is 1. The molecule has 0 unspecified atom stereocenters. The van der Waals surface area contributed by atoms with Gasteiger partial charge in [0, 0.05) is 48.2 Å². The summed E-state index contributed by atoms with van der Waals surface area (Å²) in [7, 11) is 1.61. The predicted molar refractivity (Wildman–Crippen MR) is 113 cm³/mol. The highest BCUT2D eigenvalue weighted by molar-refractivity contribution is 7.11. The first kappa shape index (κ1) is 18.6. The number of amides is 1. The number of fused-ring (bicyclic) bond motifs is 1. The number of benzene rings is 1. The summed E-state index contributed by atoms with van der Waals surface area (Å²) in [6, 6.07) is 7.54. The molecule has 4 heterocycles. The van der Waals surface area contributed by atoms with E-state index in [1.165, 1.54) is 4.88 Å². The second-order valence-electron chi connectivity index (χ2n) is 8.06. The molecular formula is C22H25N3O3S. The van der Waals surface area contributed by atoms with E-state index in [2.05, 4.69) is 9.88 Å². The van der Waals surface area contributed by atoms with Gasteiger partial charge in [-0.15, -0.1) is 11.3 Å². The lowest BCUT2D eigenvalue weighted by Gasteiger charge is -2.57. The smallest absolute Gasteiger partial charge is 0.289 e. The number of carbonyl (C=O) groups is 1. The summed E-state index contributed by atoms with van der Waals surface area (Å²) in [4.78, 5) is 23.4. The fraction of sp³-hybridized carbons (Fsp3) is 0.455. The Balaban J connectivity index is 1.34. The number of aromatic nitrogens is 1. The number of furan rings is 1. The molecule has 0 saturated carbocycles. The van der Waals surface area contributed by atoms with Crippen molar-refractivity contribution in [3.8, 4) is 5.75 Å². The predicted octanol–water partition coefficient (Wildman–Crippen LogP) is 4.09. The fourth-order valence-corrected chi connectivity index (χ4v) is 5.52. The average Bonchev–Trinajstić information content (AvgIpc) is 3.36. The van der Waals surface area contributed by atoms with E-state index >= 15 is 0 Å². The molecule has 0 radical (unpaired) electrons. The van der Waals surface area contributed by atoms with Gasteiger partial charge in [0.25, 0.3) is 5.91 Å². The number of hydrogen-bond donors (Lipinski definition) is 0. The molecule has 2 aliphatic heterocycles. The Hall–Kier alpha value is -2.38. The van der Waals surface area contributed by atoms with Crippen molar-refractivity contribution in [3.05, 3.63) is 46.1 Å². The van der Waals surface area contributed by atoms with Crippen molar-refractivity contribution in [1.82, 2.24) is 14.8 Å². The molecule has 2 fully saturated rings. The first-order valence-electron chi connectivity index (χ1n) is 10.1. The van der Waals surface area contributed by atoms with Gasteiger partial charge in [-0.3, -0.25) is 9.69 Å². The molecule has 6 nitrogen and oxygen atoms in total. The van der Waals surface area contributed by atoms with E-state index in [0.717, 1.165) is 55.8 Å². The van der Waals surface area contributed by atoms with Gasteiger partial charge in [0.05, 0.1) is 12.1 Å². The Kier molecular flexibility index (Phi) is 4.59. The minimum atomic E-state index is -0.0252. The molecule has 152 valence electrons. The van der Waals surface area contributed by atoms with Crippen LogP contribution in [0.3, 0.4) is 0 Å². The lowest BCUT2D eigenvalue weighted by molar-refractivity contribution is -0.0647. The quantitative estimate of drug-likeness (QED) is 0.647. The van der Waals surface area contributed by atoms with Gasteiger partial charge in [0.15, 0.2) is 17.1 Å². The molecule has 2 aliphatic rings. The normalized spacial score (nSPS) is 22.2. The Bertz CT molecular complexity index is 1060. The third-order valence-electron chi connectivity index (χ3n) is 6.31. The highest BCUT2D eigenvalue weighted by Gasteiger charge is 2.48. The van der Waals surface area contributed by atoms with E-state index < -0.39 is 0 Å². The molecule has 3 aromatic rings. The monoisotopic (exact) mass is 411 g/mol. The van der Waals surface area contributed by atoms with Crippen molar-refractivity contribution >= 4 is 28.2 Å². The van der Waals surface area contributed by atoms with Crippen molar-refractivity contribution in [1.29, 1.82) is 0 Å². The van der Waals surface area contributed by atoms with Crippen LogP contribution >= 0.6 is 11.3 Å². The number of aryl methyl sites for hydroxylation is 1. The van der Waals surface area contributed by atoms with Crippen LogP contribution in [0.1, 0.15) is 39.7 Å². The minimum absolute atomic E-state index is 0.0252. The highest BCUT2D eigenvalue weighted by Crippen LogP contribution is 2.40. The number of rotatable bonds is 4. The number of methoxy groups -OCH3 is 1. The van der Waals surface area contributed by atoms with Crippen LogP contribution in [0.25, 0.3) is 11.0 Å². The van der Waals surface area contributed by atoms with Crippen molar-refractivity contribution in [2.45, 2.75) is 38.3 Å².